The Morgan fingerprint density at radius 1 is 1.16 bits per heavy atom. The van der Waals surface area contributed by atoms with E-state index in [-0.39, 0.29) is 5.69 Å². The van der Waals surface area contributed by atoms with Gasteiger partial charge in [-0.3, -0.25) is 10.3 Å². The number of hydrogen-bond donors (Lipinski definition) is 1. The van der Waals surface area contributed by atoms with Gasteiger partial charge in [-0.25, -0.2) is 13.9 Å². The summed E-state index contributed by atoms with van der Waals surface area (Å²) in [4.78, 5) is 19.7. The third-order valence-corrected chi connectivity index (χ3v) is 5.87. The lowest BCUT2D eigenvalue weighted by atomic mass is 10.2. The Balaban J connectivity index is 1.38. The second kappa shape index (κ2) is 7.55. The summed E-state index contributed by atoms with van der Waals surface area (Å²) in [6, 6.07) is 9.43. The van der Waals surface area contributed by atoms with Crippen LogP contribution in [0, 0.1) is 5.82 Å². The van der Waals surface area contributed by atoms with Crippen LogP contribution in [0.1, 0.15) is 5.69 Å². The summed E-state index contributed by atoms with van der Waals surface area (Å²) < 4.78 is 59.7. The number of nitrogens with zero attached hydrogens (tertiary/aromatic N) is 4. The van der Waals surface area contributed by atoms with E-state index in [4.69, 9.17) is 4.74 Å². The van der Waals surface area contributed by atoms with E-state index >= 15 is 0 Å². The van der Waals surface area contributed by atoms with Gasteiger partial charge in [0, 0.05) is 17.1 Å². The van der Waals surface area contributed by atoms with Gasteiger partial charge in [-0.1, -0.05) is 0 Å². The average Bonchev–Trinajstić information content (AvgIpc) is 3.43. The molecule has 0 spiro atoms. The number of halogens is 4. The molecule has 3 aromatic rings. The van der Waals surface area contributed by atoms with Gasteiger partial charge in [0.05, 0.1) is 24.1 Å². The smallest absolute Gasteiger partial charge is 0.406 e. The topological polar surface area (TPSA) is 71.8 Å². The largest absolute Gasteiger partial charge is 0.437 e. The molecular weight excluding hydrogens is 450 g/mol. The van der Waals surface area contributed by atoms with E-state index in [1.807, 2.05) is 4.90 Å². The number of carbonyl (C=O) groups is 1. The molecule has 12 heteroatoms. The summed E-state index contributed by atoms with van der Waals surface area (Å²) in [5.41, 5.74) is -0.0955. The van der Waals surface area contributed by atoms with Gasteiger partial charge in [-0.05, 0) is 54.2 Å². The van der Waals surface area contributed by atoms with Crippen LogP contribution in [0.3, 0.4) is 0 Å². The minimum Gasteiger partial charge on any atom is -0.406 e. The molecule has 0 saturated heterocycles. The lowest BCUT2D eigenvalue weighted by Gasteiger charge is -2.14. The molecule has 1 aromatic heterocycles. The quantitative estimate of drug-likeness (QED) is 0.558. The summed E-state index contributed by atoms with van der Waals surface area (Å²) in [6.45, 7) is 1.40. The van der Waals surface area contributed by atoms with Gasteiger partial charge in [0.2, 0.25) is 0 Å². The van der Waals surface area contributed by atoms with Crippen molar-refractivity contribution in [2.24, 2.45) is 4.99 Å². The van der Waals surface area contributed by atoms with Crippen molar-refractivity contribution < 1.29 is 27.1 Å². The first-order chi connectivity index (χ1) is 15.3. The van der Waals surface area contributed by atoms with Gasteiger partial charge < -0.3 is 9.64 Å². The minimum absolute atomic E-state index is 0.0341. The van der Waals surface area contributed by atoms with Crippen LogP contribution >= 0.6 is 11.8 Å². The van der Waals surface area contributed by atoms with Gasteiger partial charge in [0.15, 0.2) is 16.6 Å². The molecule has 0 aliphatic carbocycles. The van der Waals surface area contributed by atoms with Crippen molar-refractivity contribution >= 4 is 34.4 Å². The maximum absolute atomic E-state index is 13.7. The summed E-state index contributed by atoms with van der Waals surface area (Å²) >= 11 is 1.52. The Morgan fingerprint density at radius 2 is 1.94 bits per heavy atom. The predicted octanol–water partition coefficient (Wildman–Crippen LogP) is 4.92. The Bertz CT molecular complexity index is 1240. The second-order valence-electron chi connectivity index (χ2n) is 6.86. The highest BCUT2D eigenvalue weighted by Gasteiger charge is 2.40. The number of rotatable bonds is 3. The molecule has 2 aliphatic heterocycles. The number of carbonyl (C=O) groups excluding carboxylic acids is 1. The molecule has 32 heavy (non-hydrogen) atoms. The average molecular weight is 463 g/mol. The van der Waals surface area contributed by atoms with E-state index in [1.165, 1.54) is 11.8 Å². The summed E-state index contributed by atoms with van der Waals surface area (Å²) in [5.74, 6) is -1.38. The van der Waals surface area contributed by atoms with Crippen molar-refractivity contribution in [1.82, 2.24) is 9.78 Å². The number of alkyl halides is 3. The molecule has 0 radical (unpaired) electrons. The Kier molecular flexibility index (Phi) is 4.81. The zero-order valence-corrected chi connectivity index (χ0v) is 16.9. The van der Waals surface area contributed by atoms with Crippen LogP contribution in [0.15, 0.2) is 58.5 Å². The first kappa shape index (κ1) is 20.4. The number of amides is 1. The molecule has 2 aliphatic rings. The number of hydrogen-bond acceptors (Lipinski definition) is 6. The molecular formula is C20H13F4N5O2S. The number of ether oxygens (including phenoxy) is 1. The van der Waals surface area contributed by atoms with E-state index in [1.54, 1.807) is 18.2 Å². The molecule has 1 N–H and O–H groups in total. The molecule has 0 unspecified atom stereocenters. The van der Waals surface area contributed by atoms with Crippen LogP contribution in [0.25, 0.3) is 5.69 Å². The third-order valence-electron chi connectivity index (χ3n) is 4.78. The molecule has 3 heterocycles. The Morgan fingerprint density at radius 3 is 2.69 bits per heavy atom. The molecule has 2 aromatic carbocycles. The first-order valence-electron chi connectivity index (χ1n) is 9.33. The number of thioether (sulfide) groups is 1. The van der Waals surface area contributed by atoms with Crippen molar-refractivity contribution in [1.29, 1.82) is 0 Å². The molecule has 0 atom stereocenters. The third kappa shape index (κ3) is 3.66. The number of amidine groups is 1. The lowest BCUT2D eigenvalue weighted by molar-refractivity contribution is -0.143. The second-order valence-corrected chi connectivity index (χ2v) is 7.87. The number of aromatic nitrogens is 2. The fraction of sp³-hybridized carbons (Fsp3) is 0.150. The molecule has 5 rings (SSSR count). The molecule has 164 valence electrons. The molecule has 7 nitrogen and oxygen atoms in total. The molecule has 0 saturated carbocycles. The number of nitrogens with one attached hydrogen (secondary N) is 1. The van der Waals surface area contributed by atoms with Crippen LogP contribution in [0.5, 0.6) is 5.75 Å². The highest BCUT2D eigenvalue weighted by molar-refractivity contribution is 8.14. The highest BCUT2D eigenvalue weighted by Crippen LogP contribution is 2.43. The van der Waals surface area contributed by atoms with Crippen LogP contribution in [0.4, 0.5) is 33.7 Å². The van der Waals surface area contributed by atoms with Gasteiger partial charge in [0.1, 0.15) is 5.82 Å². The zero-order chi connectivity index (χ0) is 22.5. The van der Waals surface area contributed by atoms with Crippen LogP contribution in [0.2, 0.25) is 0 Å². The van der Waals surface area contributed by atoms with Gasteiger partial charge >= 0.3 is 12.3 Å². The van der Waals surface area contributed by atoms with Gasteiger partial charge in [-0.15, -0.1) is 0 Å². The van der Waals surface area contributed by atoms with Crippen LogP contribution in [-0.2, 0) is 6.18 Å². The lowest BCUT2D eigenvalue weighted by Crippen LogP contribution is -2.22. The normalized spacial score (nSPS) is 14.8. The van der Waals surface area contributed by atoms with Crippen molar-refractivity contribution in [3.8, 4) is 11.4 Å². The van der Waals surface area contributed by atoms with Crippen molar-refractivity contribution in [3.63, 3.8) is 0 Å². The molecule has 1 amide bonds. The van der Waals surface area contributed by atoms with Gasteiger partial charge in [0.25, 0.3) is 0 Å². The van der Waals surface area contributed by atoms with E-state index in [0.717, 1.165) is 52.8 Å². The monoisotopic (exact) mass is 463 g/mol. The van der Waals surface area contributed by atoms with Crippen molar-refractivity contribution in [2.45, 2.75) is 11.1 Å². The Labute approximate surface area is 182 Å². The fourth-order valence-electron chi connectivity index (χ4n) is 3.42. The summed E-state index contributed by atoms with van der Waals surface area (Å²) in [7, 11) is 0. The molecule has 0 bridgehead atoms. The van der Waals surface area contributed by atoms with Crippen LogP contribution < -0.4 is 15.0 Å². The number of benzene rings is 2. The minimum atomic E-state index is -4.88. The van der Waals surface area contributed by atoms with E-state index < -0.39 is 29.5 Å². The summed E-state index contributed by atoms with van der Waals surface area (Å²) in [6.07, 6.45) is -5.19. The van der Waals surface area contributed by atoms with Crippen LogP contribution in [-0.4, -0.2) is 34.1 Å². The van der Waals surface area contributed by atoms with Gasteiger partial charge in [-0.2, -0.15) is 18.3 Å². The van der Waals surface area contributed by atoms with Crippen molar-refractivity contribution in [3.05, 3.63) is 60.2 Å². The van der Waals surface area contributed by atoms with E-state index in [9.17, 15) is 22.4 Å². The highest BCUT2D eigenvalue weighted by atomic mass is 32.2. The zero-order valence-electron chi connectivity index (χ0n) is 16.1. The Hall–Kier alpha value is -3.54. The summed E-state index contributed by atoms with van der Waals surface area (Å²) in [5, 5.41) is 6.99. The number of fused-ring (bicyclic) bond motifs is 3. The first-order valence-corrected chi connectivity index (χ1v) is 10.1. The predicted molar refractivity (Wildman–Crippen MR) is 110 cm³/mol. The SMILES string of the molecule is O=C(Nc1ccc2c(c1)N1CCN=C1S2)Oc1cnn(-c2ccc(F)cc2)c1C(F)(F)F. The fourth-order valence-corrected chi connectivity index (χ4v) is 4.48. The molecule has 0 fully saturated rings. The van der Waals surface area contributed by atoms with Crippen molar-refractivity contribution in [2.75, 3.05) is 23.3 Å². The maximum Gasteiger partial charge on any atom is 0.437 e. The number of aliphatic imine (C=N–C) groups is 1. The van der Waals surface area contributed by atoms with E-state index in [0.29, 0.717) is 16.9 Å². The number of anilines is 2. The maximum atomic E-state index is 13.7. The standard InChI is InChI=1S/C20H13F4N5O2S/c21-11-1-4-13(5-2-11)29-17(20(22,23)24)15(10-26-29)31-19(30)27-12-3-6-16-14(9-12)28-8-7-25-18(28)32-16/h1-6,9-10H,7-8H2,(H,27,30). The van der Waals surface area contributed by atoms with E-state index in [2.05, 4.69) is 15.4 Å².